The molecule has 0 fully saturated rings. The van der Waals surface area contributed by atoms with Gasteiger partial charge in [0.05, 0.1) is 6.54 Å². The highest BCUT2D eigenvalue weighted by atomic mass is 35.5. The van der Waals surface area contributed by atoms with Crippen molar-refractivity contribution in [3.63, 3.8) is 0 Å². The molecule has 1 rings (SSSR count). The van der Waals surface area contributed by atoms with Crippen molar-refractivity contribution in [1.82, 2.24) is 9.78 Å². The molecule has 0 unspecified atom stereocenters. The first-order valence-electron chi connectivity index (χ1n) is 3.57. The fourth-order valence-corrected chi connectivity index (χ4v) is 0.888. The van der Waals surface area contributed by atoms with Gasteiger partial charge in [-0.15, -0.1) is 11.6 Å². The molecule has 0 saturated carbocycles. The molecule has 0 amide bonds. The molecule has 0 atom stereocenters. The highest BCUT2D eigenvalue weighted by Gasteiger charge is 1.89. The number of halogens is 1. The molecule has 3 nitrogen and oxygen atoms in total. The van der Waals surface area contributed by atoms with Crippen molar-refractivity contribution in [3.05, 3.63) is 40.8 Å². The van der Waals surface area contributed by atoms with Gasteiger partial charge in [0.2, 0.25) is 0 Å². The summed E-state index contributed by atoms with van der Waals surface area (Å²) in [5.41, 5.74) is -0.100. The summed E-state index contributed by atoms with van der Waals surface area (Å²) in [6.07, 6.45) is 5.17. The molecule has 0 bridgehead atoms. The Kier molecular flexibility index (Phi) is 3.54. The number of nitrogens with zero attached hydrogens (tertiary/aromatic N) is 2. The lowest BCUT2D eigenvalue weighted by Gasteiger charge is -1.96. The van der Waals surface area contributed by atoms with E-state index in [4.69, 9.17) is 11.6 Å². The summed E-state index contributed by atoms with van der Waals surface area (Å²) in [5, 5.41) is 3.86. The Bertz CT molecular complexity index is 319. The van der Waals surface area contributed by atoms with E-state index in [1.165, 1.54) is 10.7 Å². The van der Waals surface area contributed by atoms with E-state index in [-0.39, 0.29) is 5.56 Å². The fourth-order valence-electron chi connectivity index (χ4n) is 0.762. The first kappa shape index (κ1) is 9.00. The molecule has 0 aliphatic heterocycles. The zero-order chi connectivity index (χ0) is 8.81. The maximum absolute atomic E-state index is 11.0. The second-order valence-corrected chi connectivity index (χ2v) is 2.48. The minimum Gasteiger partial charge on any atom is -0.268 e. The highest BCUT2D eigenvalue weighted by molar-refractivity contribution is 6.18. The summed E-state index contributed by atoms with van der Waals surface area (Å²) >= 11 is 5.41. The monoisotopic (exact) mass is 184 g/mol. The summed E-state index contributed by atoms with van der Waals surface area (Å²) in [7, 11) is 0. The van der Waals surface area contributed by atoms with Crippen molar-refractivity contribution in [2.45, 2.75) is 6.54 Å². The molecule has 0 aromatic carbocycles. The second-order valence-electron chi connectivity index (χ2n) is 2.17. The van der Waals surface area contributed by atoms with Gasteiger partial charge in [0.15, 0.2) is 0 Å². The van der Waals surface area contributed by atoms with Crippen molar-refractivity contribution < 1.29 is 0 Å². The van der Waals surface area contributed by atoms with E-state index in [0.29, 0.717) is 12.4 Å². The van der Waals surface area contributed by atoms with Crippen LogP contribution in [-0.4, -0.2) is 15.7 Å². The third-order valence-electron chi connectivity index (χ3n) is 1.32. The van der Waals surface area contributed by atoms with Crippen molar-refractivity contribution in [3.8, 4) is 0 Å². The van der Waals surface area contributed by atoms with Crippen LogP contribution in [0.25, 0.3) is 0 Å². The van der Waals surface area contributed by atoms with Gasteiger partial charge in [0.25, 0.3) is 5.56 Å². The lowest BCUT2D eigenvalue weighted by Crippen LogP contribution is -2.20. The number of aromatic nitrogens is 2. The third kappa shape index (κ3) is 2.51. The average Bonchev–Trinajstić information content (AvgIpc) is 2.09. The largest absolute Gasteiger partial charge is 0.268 e. The van der Waals surface area contributed by atoms with Gasteiger partial charge < -0.3 is 0 Å². The quantitative estimate of drug-likeness (QED) is 0.520. The second kappa shape index (κ2) is 4.72. The summed E-state index contributed by atoms with van der Waals surface area (Å²) in [6.45, 7) is 0.479. The number of hydrogen-bond donors (Lipinski definition) is 0. The van der Waals surface area contributed by atoms with Crippen LogP contribution in [0.15, 0.2) is 35.3 Å². The summed E-state index contributed by atoms with van der Waals surface area (Å²) < 4.78 is 1.36. The molecule has 12 heavy (non-hydrogen) atoms. The van der Waals surface area contributed by atoms with E-state index in [1.54, 1.807) is 24.4 Å². The van der Waals surface area contributed by atoms with Gasteiger partial charge >= 0.3 is 0 Å². The van der Waals surface area contributed by atoms with Crippen LogP contribution in [0.3, 0.4) is 0 Å². The normalized spacial score (nSPS) is 10.8. The predicted molar refractivity (Wildman–Crippen MR) is 48.4 cm³/mol. The van der Waals surface area contributed by atoms with Crippen LogP contribution in [0, 0.1) is 0 Å². The molecule has 64 valence electrons. The van der Waals surface area contributed by atoms with Crippen LogP contribution in [0.1, 0.15) is 0 Å². The standard InChI is InChI=1S/C8H9ClN2O/c9-5-1-2-7-11-8(12)4-3-6-10-11/h1-4,6H,5,7H2. The van der Waals surface area contributed by atoms with Crippen LogP contribution < -0.4 is 5.56 Å². The van der Waals surface area contributed by atoms with E-state index in [9.17, 15) is 4.79 Å². The van der Waals surface area contributed by atoms with Gasteiger partial charge in [-0.3, -0.25) is 4.79 Å². The van der Waals surface area contributed by atoms with Crippen LogP contribution in [-0.2, 0) is 6.54 Å². The molecular formula is C8H9ClN2O. The van der Waals surface area contributed by atoms with Gasteiger partial charge in [0.1, 0.15) is 0 Å². The third-order valence-corrected chi connectivity index (χ3v) is 1.50. The Morgan fingerprint density at radius 3 is 3.08 bits per heavy atom. The van der Waals surface area contributed by atoms with E-state index >= 15 is 0 Å². The molecule has 0 N–H and O–H groups in total. The van der Waals surface area contributed by atoms with Crippen molar-refractivity contribution in [1.29, 1.82) is 0 Å². The molecule has 0 saturated heterocycles. The maximum atomic E-state index is 11.0. The lowest BCUT2D eigenvalue weighted by molar-refractivity contribution is 0.651. The Hall–Kier alpha value is -1.09. The number of rotatable bonds is 3. The van der Waals surface area contributed by atoms with Crippen molar-refractivity contribution in [2.24, 2.45) is 0 Å². The van der Waals surface area contributed by atoms with Crippen molar-refractivity contribution >= 4 is 11.6 Å². The topological polar surface area (TPSA) is 34.9 Å². The predicted octanol–water partition coefficient (Wildman–Crippen LogP) is 1.04. The minimum atomic E-state index is -0.100. The van der Waals surface area contributed by atoms with Crippen LogP contribution >= 0.6 is 11.6 Å². The highest BCUT2D eigenvalue weighted by Crippen LogP contribution is 1.81. The zero-order valence-electron chi connectivity index (χ0n) is 6.48. The van der Waals surface area contributed by atoms with E-state index in [1.807, 2.05) is 0 Å². The number of allylic oxidation sites excluding steroid dienone is 2. The van der Waals surface area contributed by atoms with Crippen molar-refractivity contribution in [2.75, 3.05) is 5.88 Å². The van der Waals surface area contributed by atoms with E-state index < -0.39 is 0 Å². The van der Waals surface area contributed by atoms with Crippen LogP contribution in [0.4, 0.5) is 0 Å². The van der Waals surface area contributed by atoms with E-state index in [2.05, 4.69) is 5.10 Å². The first-order valence-corrected chi connectivity index (χ1v) is 4.11. The van der Waals surface area contributed by atoms with Crippen LogP contribution in [0.2, 0.25) is 0 Å². The average molecular weight is 185 g/mol. The first-order chi connectivity index (χ1) is 5.84. The molecule has 0 spiro atoms. The Balaban J connectivity index is 2.70. The molecule has 1 aromatic rings. The molecule has 0 aliphatic rings. The minimum absolute atomic E-state index is 0.100. The Morgan fingerprint density at radius 1 is 1.58 bits per heavy atom. The SMILES string of the molecule is O=c1cccnn1CC=CCCl. The van der Waals surface area contributed by atoms with Gasteiger partial charge in [-0.25, -0.2) is 4.68 Å². The fraction of sp³-hybridized carbons (Fsp3) is 0.250. The Labute approximate surface area is 75.3 Å². The molecule has 0 radical (unpaired) electrons. The number of alkyl halides is 1. The Morgan fingerprint density at radius 2 is 2.42 bits per heavy atom. The van der Waals surface area contributed by atoms with Gasteiger partial charge in [-0.1, -0.05) is 12.2 Å². The molecular weight excluding hydrogens is 176 g/mol. The lowest BCUT2D eigenvalue weighted by atomic mass is 10.5. The van der Waals surface area contributed by atoms with Gasteiger partial charge in [-0.2, -0.15) is 5.10 Å². The number of hydrogen-bond acceptors (Lipinski definition) is 2. The molecule has 4 heteroatoms. The zero-order valence-corrected chi connectivity index (χ0v) is 7.24. The van der Waals surface area contributed by atoms with Crippen LogP contribution in [0.5, 0.6) is 0 Å². The molecule has 0 aliphatic carbocycles. The molecule has 1 heterocycles. The van der Waals surface area contributed by atoms with Gasteiger partial charge in [-0.05, 0) is 6.07 Å². The molecule has 1 aromatic heterocycles. The summed E-state index contributed by atoms with van der Waals surface area (Å²) in [4.78, 5) is 11.0. The maximum Gasteiger partial charge on any atom is 0.267 e. The summed E-state index contributed by atoms with van der Waals surface area (Å²) in [6, 6.07) is 3.09. The summed E-state index contributed by atoms with van der Waals surface area (Å²) in [5.74, 6) is 0.460. The smallest absolute Gasteiger partial charge is 0.267 e. The van der Waals surface area contributed by atoms with E-state index in [0.717, 1.165) is 0 Å². The van der Waals surface area contributed by atoms with Gasteiger partial charge in [0, 0.05) is 18.1 Å².